The van der Waals surface area contributed by atoms with E-state index in [-0.39, 0.29) is 11.7 Å². The number of carboxylic acid groups (broad SMARTS) is 1. The average molecular weight is 314 g/mol. The van der Waals surface area contributed by atoms with Crippen molar-refractivity contribution >= 4 is 17.0 Å². The zero-order valence-corrected chi connectivity index (χ0v) is 13.0. The first-order valence-corrected chi connectivity index (χ1v) is 7.43. The lowest BCUT2D eigenvalue weighted by Crippen LogP contribution is -2.30. The molecule has 1 atom stereocenters. The number of aromatic carboxylic acids is 1. The predicted octanol–water partition coefficient (Wildman–Crippen LogP) is 1.65. The number of fused-ring (bicyclic) bond motifs is 1. The topological polar surface area (TPSA) is 84.6 Å². The largest absolute Gasteiger partial charge is 0.478 e. The molecule has 2 N–H and O–H groups in total. The van der Waals surface area contributed by atoms with E-state index in [4.69, 9.17) is 4.74 Å². The number of imidazole rings is 1. The van der Waals surface area contributed by atoms with E-state index in [9.17, 15) is 15.0 Å². The molecule has 0 saturated carbocycles. The summed E-state index contributed by atoms with van der Waals surface area (Å²) in [5, 5.41) is 19.1. The van der Waals surface area contributed by atoms with Crippen molar-refractivity contribution in [2.45, 2.75) is 38.5 Å². The Bertz CT molecular complexity index is 817. The maximum atomic E-state index is 11.4. The van der Waals surface area contributed by atoms with Gasteiger partial charge >= 0.3 is 5.97 Å². The van der Waals surface area contributed by atoms with E-state index in [1.807, 2.05) is 4.57 Å². The highest BCUT2D eigenvalue weighted by Crippen LogP contribution is 2.22. The fourth-order valence-corrected chi connectivity index (χ4v) is 2.40. The second-order valence-corrected chi connectivity index (χ2v) is 6.18. The number of benzene rings is 1. The van der Waals surface area contributed by atoms with Crippen LogP contribution in [0, 0.1) is 11.8 Å². The summed E-state index contributed by atoms with van der Waals surface area (Å²) in [6, 6.07) is 3.08. The molecule has 1 aromatic heterocycles. The first-order valence-electron chi connectivity index (χ1n) is 7.43. The molecule has 6 heteroatoms. The Morgan fingerprint density at radius 2 is 2.26 bits per heavy atom. The number of carboxylic acids is 1. The number of hydrogen-bond donors (Lipinski definition) is 2. The highest BCUT2D eigenvalue weighted by Gasteiger charge is 2.20. The third kappa shape index (κ3) is 3.36. The Hall–Kier alpha value is -2.36. The Kier molecular flexibility index (Phi) is 3.84. The molecule has 0 aliphatic carbocycles. The summed E-state index contributed by atoms with van der Waals surface area (Å²) in [7, 11) is 0. The summed E-state index contributed by atoms with van der Waals surface area (Å²) in [5.41, 5.74) is 0.823. The van der Waals surface area contributed by atoms with Gasteiger partial charge in [-0.05, 0) is 32.4 Å². The van der Waals surface area contributed by atoms with Crippen LogP contribution >= 0.6 is 0 Å². The van der Waals surface area contributed by atoms with Crippen molar-refractivity contribution in [1.82, 2.24) is 9.55 Å². The van der Waals surface area contributed by atoms with Gasteiger partial charge in [-0.3, -0.25) is 0 Å². The van der Waals surface area contributed by atoms with Crippen LogP contribution < -0.4 is 0 Å². The van der Waals surface area contributed by atoms with Gasteiger partial charge in [0.1, 0.15) is 11.1 Å². The second kappa shape index (κ2) is 5.69. The van der Waals surface area contributed by atoms with Crippen molar-refractivity contribution in [1.29, 1.82) is 0 Å². The smallest absolute Gasteiger partial charge is 0.335 e. The maximum Gasteiger partial charge on any atom is 0.335 e. The van der Waals surface area contributed by atoms with Crippen LogP contribution in [0.5, 0.6) is 0 Å². The molecule has 1 aromatic carbocycles. The molecular weight excluding hydrogens is 296 g/mol. The fourth-order valence-electron chi connectivity index (χ4n) is 2.40. The van der Waals surface area contributed by atoms with Crippen LogP contribution in [0.2, 0.25) is 0 Å². The van der Waals surface area contributed by atoms with E-state index < -0.39 is 11.6 Å². The molecule has 1 saturated heterocycles. The SMILES string of the molecule is CC(C)(O)C#Cc1cc(C(=O)O)cc2c1ncn2CC1CCO1. The van der Waals surface area contributed by atoms with Gasteiger partial charge in [-0.1, -0.05) is 11.8 Å². The number of aliphatic hydroxyl groups is 1. The van der Waals surface area contributed by atoms with Gasteiger partial charge in [-0.15, -0.1) is 0 Å². The van der Waals surface area contributed by atoms with Crippen molar-refractivity contribution < 1.29 is 19.7 Å². The van der Waals surface area contributed by atoms with Crippen molar-refractivity contribution in [3.05, 3.63) is 29.6 Å². The molecular formula is C17H18N2O4. The van der Waals surface area contributed by atoms with Gasteiger partial charge in [-0.2, -0.15) is 0 Å². The van der Waals surface area contributed by atoms with Crippen LogP contribution in [0.4, 0.5) is 0 Å². The molecule has 0 radical (unpaired) electrons. The quantitative estimate of drug-likeness (QED) is 0.842. The molecule has 0 bridgehead atoms. The van der Waals surface area contributed by atoms with Gasteiger partial charge in [0.15, 0.2) is 0 Å². The standard InChI is InChI=1S/C17H18N2O4/c1-17(2,22)5-3-11-7-12(16(20)21)8-14-15(11)18-10-19(14)9-13-4-6-23-13/h7-8,10,13,22H,4,6,9H2,1-2H3,(H,20,21). The van der Waals surface area contributed by atoms with E-state index >= 15 is 0 Å². The molecule has 23 heavy (non-hydrogen) atoms. The van der Waals surface area contributed by atoms with Crippen molar-refractivity contribution in [3.63, 3.8) is 0 Å². The second-order valence-electron chi connectivity index (χ2n) is 6.18. The predicted molar refractivity (Wildman–Crippen MR) is 84.2 cm³/mol. The summed E-state index contributed by atoms with van der Waals surface area (Å²) < 4.78 is 7.32. The third-order valence-corrected chi connectivity index (χ3v) is 3.67. The van der Waals surface area contributed by atoms with Crippen LogP contribution in [0.25, 0.3) is 11.0 Å². The Labute approximate surface area is 133 Å². The number of ether oxygens (including phenoxy) is 1. The molecule has 0 spiro atoms. The summed E-state index contributed by atoms with van der Waals surface area (Å²) in [6.45, 7) is 4.55. The number of hydrogen-bond acceptors (Lipinski definition) is 4. The summed E-state index contributed by atoms with van der Waals surface area (Å²) in [4.78, 5) is 15.7. The molecule has 1 fully saturated rings. The minimum absolute atomic E-state index is 0.145. The van der Waals surface area contributed by atoms with Gasteiger partial charge in [0.05, 0.1) is 35.6 Å². The lowest BCUT2D eigenvalue weighted by Gasteiger charge is -2.26. The van der Waals surface area contributed by atoms with Gasteiger partial charge in [0.25, 0.3) is 0 Å². The lowest BCUT2D eigenvalue weighted by atomic mass is 10.1. The summed E-state index contributed by atoms with van der Waals surface area (Å²) in [5.74, 6) is 4.53. The molecule has 3 rings (SSSR count). The number of nitrogens with zero attached hydrogens (tertiary/aromatic N) is 2. The minimum atomic E-state index is -1.16. The highest BCUT2D eigenvalue weighted by molar-refractivity contribution is 5.95. The van der Waals surface area contributed by atoms with E-state index in [2.05, 4.69) is 16.8 Å². The molecule has 120 valence electrons. The van der Waals surface area contributed by atoms with Gasteiger partial charge < -0.3 is 19.5 Å². The summed E-state index contributed by atoms with van der Waals surface area (Å²) in [6.07, 6.45) is 2.81. The number of aromatic nitrogens is 2. The molecule has 1 aliphatic heterocycles. The molecule has 2 heterocycles. The molecule has 1 unspecified atom stereocenters. The molecule has 0 amide bonds. The minimum Gasteiger partial charge on any atom is -0.478 e. The van der Waals surface area contributed by atoms with Crippen molar-refractivity contribution in [2.24, 2.45) is 0 Å². The number of carbonyl (C=O) groups is 1. The Morgan fingerprint density at radius 1 is 1.52 bits per heavy atom. The van der Waals surface area contributed by atoms with E-state index in [0.717, 1.165) is 13.0 Å². The van der Waals surface area contributed by atoms with Crippen molar-refractivity contribution in [2.75, 3.05) is 6.61 Å². The average Bonchev–Trinajstić information content (AvgIpc) is 2.82. The molecule has 1 aliphatic rings. The van der Waals surface area contributed by atoms with Crippen LogP contribution in [-0.4, -0.2) is 44.0 Å². The lowest BCUT2D eigenvalue weighted by molar-refractivity contribution is -0.0586. The zero-order chi connectivity index (χ0) is 16.6. The molecule has 6 nitrogen and oxygen atoms in total. The normalized spacial score (nSPS) is 17.4. The first kappa shape index (κ1) is 15.5. The zero-order valence-electron chi connectivity index (χ0n) is 13.0. The van der Waals surface area contributed by atoms with E-state index in [0.29, 0.717) is 23.1 Å². The van der Waals surface area contributed by atoms with E-state index in [1.165, 1.54) is 6.07 Å². The monoisotopic (exact) mass is 314 g/mol. The summed E-state index contributed by atoms with van der Waals surface area (Å²) >= 11 is 0. The van der Waals surface area contributed by atoms with Gasteiger partial charge in [0, 0.05) is 6.61 Å². The third-order valence-electron chi connectivity index (χ3n) is 3.67. The van der Waals surface area contributed by atoms with Gasteiger partial charge in [-0.25, -0.2) is 9.78 Å². The van der Waals surface area contributed by atoms with Crippen LogP contribution in [0.1, 0.15) is 36.2 Å². The maximum absolute atomic E-state index is 11.4. The number of rotatable bonds is 3. The Balaban J connectivity index is 2.10. The van der Waals surface area contributed by atoms with Crippen LogP contribution in [0.15, 0.2) is 18.5 Å². The molecule has 2 aromatic rings. The Morgan fingerprint density at radius 3 is 2.83 bits per heavy atom. The van der Waals surface area contributed by atoms with Crippen LogP contribution in [-0.2, 0) is 11.3 Å². The van der Waals surface area contributed by atoms with E-state index in [1.54, 1.807) is 26.2 Å². The van der Waals surface area contributed by atoms with Gasteiger partial charge in [0.2, 0.25) is 0 Å². The highest BCUT2D eigenvalue weighted by atomic mass is 16.5. The van der Waals surface area contributed by atoms with Crippen LogP contribution in [0.3, 0.4) is 0 Å². The van der Waals surface area contributed by atoms with Crippen molar-refractivity contribution in [3.8, 4) is 11.8 Å². The fraction of sp³-hybridized carbons (Fsp3) is 0.412. The first-order chi connectivity index (χ1) is 10.8.